The molecular formula is C103H117N15O16S4. The standard InChI is InChI=1S/C27H34N4O4S.C27H27N3O4S.C26H28N4O4S.C23H28N4O4S/c32-25-14-11-21-19-23(12-13-24(21)28-25)36(34,35)29-26(20-7-3-1-4-8-20)27(33)31-17-15-30(16-18-31)22-9-5-2-6-10-22;31-26-13-10-21-17-23(11-12-24(21)28-26)35(33,34)29-25(16-19-6-2-1-3-7-19)27(32)30-15-14-20-8-4-5-9-22(20)18-30;1-30(16-14-21-9-5-6-15-27-21)26(32)24(17-19-7-3-2-4-8-19)29-35(33,34)22-11-12-23-20(18-22)10-13-25(31)28-23;1-26-11-13-27(14-12-26)23(29)21(15-17-5-3-2-4-6-17)25-32(30,31)19-8-9-20-18(16-19)7-10-22(28)24-20/h1,3-4,7-8,12-13,19,22,26,29H,2,5-6,9-11,14-18H2,(H,28,32);1-9,11-12,17,25,29H,10,13-16,18H2,(H,28,31);2-9,11-12,15,18,24,29H,10,13-14,16-17H2,1H3,(H,28,31);2-6,8-9,16,21,25H,7,10-15H2,1H3,(H,24,28). The van der Waals surface area contributed by atoms with Crippen LogP contribution in [0.25, 0.3) is 0 Å². The summed E-state index contributed by atoms with van der Waals surface area (Å²) >= 11 is 0. The van der Waals surface area contributed by atoms with Gasteiger partial charge in [0, 0.05) is 152 Å². The van der Waals surface area contributed by atoms with Crippen LogP contribution in [0.1, 0.15) is 125 Å². The molecule has 4 unspecified atom stereocenters. The molecule has 10 aromatic rings. The fourth-order valence-electron chi connectivity index (χ4n) is 18.4. The first-order valence-corrected chi connectivity index (χ1v) is 52.8. The van der Waals surface area contributed by atoms with E-state index in [-0.39, 0.29) is 86.1 Å². The van der Waals surface area contributed by atoms with Crippen LogP contribution in [0.4, 0.5) is 22.7 Å². The van der Waals surface area contributed by atoms with Gasteiger partial charge in [-0.05, 0) is 212 Å². The highest BCUT2D eigenvalue weighted by Crippen LogP contribution is 2.34. The third-order valence-electron chi connectivity index (χ3n) is 26.2. The van der Waals surface area contributed by atoms with Crippen LogP contribution in [0.3, 0.4) is 0 Å². The van der Waals surface area contributed by atoms with E-state index in [1.807, 2.05) is 153 Å². The number of hydrogen-bond acceptors (Lipinski definition) is 19. The van der Waals surface area contributed by atoms with Crippen molar-refractivity contribution in [3.05, 3.63) is 304 Å². The van der Waals surface area contributed by atoms with Gasteiger partial charge in [0.2, 0.25) is 87.4 Å². The Kier molecular flexibility index (Phi) is 33.2. The molecule has 8 N–H and O–H groups in total. The summed E-state index contributed by atoms with van der Waals surface area (Å²) in [7, 11) is -12.2. The van der Waals surface area contributed by atoms with E-state index in [0.717, 1.165) is 82.8 Å². The van der Waals surface area contributed by atoms with Crippen molar-refractivity contribution in [3.63, 3.8) is 0 Å². The lowest BCUT2D eigenvalue weighted by molar-refractivity contribution is -0.135. The van der Waals surface area contributed by atoms with E-state index in [2.05, 4.69) is 61.0 Å². The monoisotopic (exact) mass is 1950 g/mol. The van der Waals surface area contributed by atoms with Crippen molar-refractivity contribution in [1.82, 2.24) is 53.3 Å². The zero-order valence-electron chi connectivity index (χ0n) is 77.3. The van der Waals surface area contributed by atoms with Gasteiger partial charge in [0.05, 0.1) is 19.6 Å². The SMILES string of the molecule is CN(CCc1ccccn1)C(=O)C(Cc1ccccc1)NS(=O)(=O)c1ccc2c(c1)CCC(=O)N2.CN1CCN(C(=O)C(Cc2ccccc2)NS(=O)(=O)c2ccc3c(c2)CCC(=O)N3)CC1.O=C1CCc2cc(S(=O)(=O)NC(C(=O)N3CCN(C4CCCCC4)CC3)c3ccccc3)ccc2N1.O=C1CCc2cc(S(=O)(=O)NC(Cc3ccccc3)C(=O)N3CCc4ccccc4C3)ccc2N1. The Bertz CT molecular complexity index is 6540. The molecule has 9 aromatic carbocycles. The van der Waals surface area contributed by atoms with Gasteiger partial charge >= 0.3 is 0 Å². The van der Waals surface area contributed by atoms with E-state index in [1.165, 1.54) is 66.8 Å². The first-order valence-electron chi connectivity index (χ1n) is 46.9. The summed E-state index contributed by atoms with van der Waals surface area (Å²) in [6.07, 6.45) is 13.2. The molecule has 1 aromatic heterocycles. The topological polar surface area (TPSA) is 402 Å². The number of aryl methyl sites for hydroxylation is 4. The van der Waals surface area contributed by atoms with E-state index in [4.69, 9.17) is 0 Å². The van der Waals surface area contributed by atoms with E-state index in [0.29, 0.717) is 138 Å². The highest BCUT2D eigenvalue weighted by molar-refractivity contribution is 7.90. The third kappa shape index (κ3) is 26.5. The van der Waals surface area contributed by atoms with Gasteiger partial charge in [0.1, 0.15) is 24.2 Å². The van der Waals surface area contributed by atoms with Crippen molar-refractivity contribution in [2.45, 2.75) is 172 Å². The van der Waals surface area contributed by atoms with Crippen LogP contribution in [0, 0.1) is 0 Å². The van der Waals surface area contributed by atoms with Gasteiger partial charge < -0.3 is 45.8 Å². The molecule has 31 nitrogen and oxygen atoms in total. The number of amides is 8. The van der Waals surface area contributed by atoms with Crippen LogP contribution in [0.5, 0.6) is 0 Å². The van der Waals surface area contributed by atoms with E-state index in [9.17, 15) is 72.0 Å². The van der Waals surface area contributed by atoms with Gasteiger partial charge in [-0.15, -0.1) is 0 Å². The fourth-order valence-corrected chi connectivity index (χ4v) is 23.3. The number of carbonyl (C=O) groups excluding carboxylic acids is 8. The molecule has 1 aliphatic carbocycles. The summed E-state index contributed by atoms with van der Waals surface area (Å²) in [5, 5.41) is 11.1. The highest BCUT2D eigenvalue weighted by atomic mass is 32.2. The van der Waals surface area contributed by atoms with E-state index < -0.39 is 64.3 Å². The minimum atomic E-state index is -3.99. The van der Waals surface area contributed by atoms with Crippen LogP contribution in [0.15, 0.2) is 262 Å². The average molecular weight is 1950 g/mol. The summed E-state index contributed by atoms with van der Waals surface area (Å²) in [6.45, 7) is 6.89. The fraction of sp³-hybridized carbons (Fsp3) is 0.350. The molecule has 8 aliphatic rings. The van der Waals surface area contributed by atoms with Gasteiger partial charge in [-0.3, -0.25) is 48.2 Å². The molecule has 0 bridgehead atoms. The van der Waals surface area contributed by atoms with Crippen LogP contribution in [-0.4, -0.2) is 219 Å². The molecule has 3 fully saturated rings. The molecular weight excluding hydrogens is 1830 g/mol. The number of hydrogen-bond donors (Lipinski definition) is 8. The number of likely N-dealkylation sites (N-methyl/N-ethyl adjacent to an activating group) is 2. The predicted molar refractivity (Wildman–Crippen MR) is 526 cm³/mol. The molecule has 8 heterocycles. The second-order valence-corrected chi connectivity index (χ2v) is 42.8. The number of nitrogens with one attached hydrogen (secondary N) is 8. The summed E-state index contributed by atoms with van der Waals surface area (Å²) in [6, 6.07) is 66.2. The summed E-state index contributed by atoms with van der Waals surface area (Å²) in [4.78, 5) is 117. The number of fused-ring (bicyclic) bond motifs is 5. The Hall–Kier alpha value is -12.6. The van der Waals surface area contributed by atoms with Crippen LogP contribution < -0.4 is 40.2 Å². The maximum absolute atomic E-state index is 13.7. The zero-order chi connectivity index (χ0) is 97.1. The quantitative estimate of drug-likeness (QED) is 0.0237. The van der Waals surface area contributed by atoms with Crippen molar-refractivity contribution >= 4 is 110 Å². The zero-order valence-corrected chi connectivity index (χ0v) is 80.5. The molecule has 7 aliphatic heterocycles. The number of nitrogens with zero attached hydrogens (tertiary/aromatic N) is 7. The minimum Gasteiger partial charge on any atom is -0.344 e. The Morgan fingerprint density at radius 1 is 0.377 bits per heavy atom. The number of carbonyl (C=O) groups is 8. The predicted octanol–water partition coefficient (Wildman–Crippen LogP) is 9.91. The number of aromatic nitrogens is 1. The van der Waals surface area contributed by atoms with Gasteiger partial charge in [0.15, 0.2) is 0 Å². The number of benzene rings is 9. The summed E-state index contributed by atoms with van der Waals surface area (Å²) < 4.78 is 117. The Morgan fingerprint density at radius 2 is 0.746 bits per heavy atom. The Labute approximate surface area is 806 Å². The van der Waals surface area contributed by atoms with Gasteiger partial charge in [-0.1, -0.05) is 171 Å². The van der Waals surface area contributed by atoms with Gasteiger partial charge in [-0.25, -0.2) is 33.7 Å². The second-order valence-electron chi connectivity index (χ2n) is 35.9. The molecule has 0 spiro atoms. The first-order chi connectivity index (χ1) is 66.4. The summed E-state index contributed by atoms with van der Waals surface area (Å²) in [5.74, 6) is -1.32. The number of rotatable bonds is 27. The molecule has 4 atom stereocenters. The first kappa shape index (κ1) is 99.9. The molecule has 35 heteroatoms. The lowest BCUT2D eigenvalue weighted by atomic mass is 9.94. The van der Waals surface area contributed by atoms with Gasteiger partial charge in [-0.2, -0.15) is 18.9 Å². The van der Waals surface area contributed by atoms with Crippen molar-refractivity contribution in [2.75, 3.05) is 101 Å². The van der Waals surface area contributed by atoms with Crippen molar-refractivity contribution in [1.29, 1.82) is 0 Å². The molecule has 1 saturated carbocycles. The number of piperazine rings is 2. The highest BCUT2D eigenvalue weighted by Gasteiger charge is 2.39. The average Bonchev–Trinajstić information content (AvgIpc) is 0.796. The molecule has 2 saturated heterocycles. The number of pyridine rings is 1. The van der Waals surface area contributed by atoms with Crippen LogP contribution in [-0.2, 0) is 143 Å². The maximum atomic E-state index is 13.7. The van der Waals surface area contributed by atoms with E-state index in [1.54, 1.807) is 88.6 Å². The van der Waals surface area contributed by atoms with Crippen LogP contribution >= 0.6 is 0 Å². The summed E-state index contributed by atoms with van der Waals surface area (Å²) in [5.41, 5.74) is 12.0. The Balaban J connectivity index is 0.000000140. The van der Waals surface area contributed by atoms with Crippen LogP contribution in [0.2, 0.25) is 0 Å². The maximum Gasteiger partial charge on any atom is 0.245 e. The minimum absolute atomic E-state index is 0.0643. The number of anilines is 4. The van der Waals surface area contributed by atoms with Crippen molar-refractivity contribution < 1.29 is 72.0 Å². The van der Waals surface area contributed by atoms with Gasteiger partial charge in [0.25, 0.3) is 0 Å². The molecule has 138 heavy (non-hydrogen) atoms. The molecule has 18 rings (SSSR count). The van der Waals surface area contributed by atoms with E-state index >= 15 is 0 Å². The second kappa shape index (κ2) is 45.8. The lowest BCUT2D eigenvalue weighted by Gasteiger charge is -2.41. The molecule has 8 amide bonds. The number of sulfonamides is 4. The van der Waals surface area contributed by atoms with Crippen molar-refractivity contribution in [3.8, 4) is 0 Å². The third-order valence-corrected chi connectivity index (χ3v) is 32.0. The Morgan fingerprint density at radius 3 is 1.17 bits per heavy atom. The van der Waals surface area contributed by atoms with Crippen molar-refractivity contribution in [2.24, 2.45) is 0 Å². The largest absolute Gasteiger partial charge is 0.344 e. The molecule has 0 radical (unpaired) electrons. The molecule has 724 valence electrons. The smallest absolute Gasteiger partial charge is 0.245 e. The normalized spacial score (nSPS) is 17.2. The lowest BCUT2D eigenvalue weighted by Crippen LogP contribution is -2.54.